The first kappa shape index (κ1) is 21.2. The first-order valence-electron chi connectivity index (χ1n) is 10.4. The van der Waals surface area contributed by atoms with E-state index >= 15 is 0 Å². The molecule has 2 saturated heterocycles. The minimum Gasteiger partial charge on any atom is -0.458 e. The molecule has 4 heterocycles. The van der Waals surface area contributed by atoms with Crippen LogP contribution in [0.25, 0.3) is 0 Å². The van der Waals surface area contributed by atoms with Gasteiger partial charge in [0.25, 0.3) is 0 Å². The lowest BCUT2D eigenvalue weighted by molar-refractivity contribution is -0.122. The fraction of sp³-hybridized carbons (Fsp3) is 0.550. The molecule has 1 amide bonds. The van der Waals surface area contributed by atoms with Gasteiger partial charge in [-0.3, -0.25) is 4.79 Å². The van der Waals surface area contributed by atoms with Crippen molar-refractivity contribution in [3.63, 3.8) is 0 Å². The molecule has 0 aliphatic carbocycles. The number of rotatable bonds is 6. The fourth-order valence-corrected chi connectivity index (χ4v) is 3.63. The van der Waals surface area contributed by atoms with E-state index in [1.165, 1.54) is 12.3 Å². The number of ether oxygens (including phenoxy) is 2. The van der Waals surface area contributed by atoms with Crippen molar-refractivity contribution in [3.8, 4) is 6.01 Å². The van der Waals surface area contributed by atoms with Crippen LogP contribution >= 0.6 is 0 Å². The number of carbonyl (C=O) groups is 1. The Morgan fingerprint density at radius 1 is 1.10 bits per heavy atom. The number of pyridine rings is 1. The van der Waals surface area contributed by atoms with Gasteiger partial charge in [-0.05, 0) is 31.4 Å². The third kappa shape index (κ3) is 5.54. The summed E-state index contributed by atoms with van der Waals surface area (Å²) in [5.41, 5.74) is 6.15. The minimum atomic E-state index is -0.545. The third-order valence-electron chi connectivity index (χ3n) is 5.43. The predicted molar refractivity (Wildman–Crippen MR) is 110 cm³/mol. The molecule has 2 aliphatic rings. The van der Waals surface area contributed by atoms with E-state index in [0.29, 0.717) is 63.1 Å². The van der Waals surface area contributed by atoms with Crippen LogP contribution in [0.15, 0.2) is 18.3 Å². The van der Waals surface area contributed by atoms with Gasteiger partial charge >= 0.3 is 6.01 Å². The lowest BCUT2D eigenvalue weighted by Gasteiger charge is -2.31. The number of hydrogen-bond acceptors (Lipinski definition) is 9. The molecule has 166 valence electrons. The summed E-state index contributed by atoms with van der Waals surface area (Å²) < 4.78 is 24.4. The van der Waals surface area contributed by atoms with E-state index in [2.05, 4.69) is 24.8 Å². The maximum atomic E-state index is 13.0. The summed E-state index contributed by atoms with van der Waals surface area (Å²) in [4.78, 5) is 32.9. The van der Waals surface area contributed by atoms with Gasteiger partial charge in [0.15, 0.2) is 0 Å². The van der Waals surface area contributed by atoms with E-state index in [1.54, 1.807) is 6.07 Å². The van der Waals surface area contributed by atoms with Gasteiger partial charge in [-0.25, -0.2) is 4.98 Å². The zero-order chi connectivity index (χ0) is 21.6. The maximum Gasteiger partial charge on any atom is 0.323 e. The van der Waals surface area contributed by atoms with Crippen molar-refractivity contribution in [1.29, 1.82) is 0 Å². The molecule has 31 heavy (non-hydrogen) atoms. The van der Waals surface area contributed by atoms with Crippen LogP contribution in [0.3, 0.4) is 0 Å². The van der Waals surface area contributed by atoms with Gasteiger partial charge in [0.05, 0.1) is 6.61 Å². The zero-order valence-electron chi connectivity index (χ0n) is 17.2. The molecule has 11 heteroatoms. The Bertz CT molecular complexity index is 883. The smallest absolute Gasteiger partial charge is 0.323 e. The van der Waals surface area contributed by atoms with Crippen molar-refractivity contribution in [2.75, 3.05) is 49.2 Å². The summed E-state index contributed by atoms with van der Waals surface area (Å²) in [6, 6.07) is 3.07. The van der Waals surface area contributed by atoms with E-state index in [4.69, 9.17) is 15.2 Å². The molecule has 2 aliphatic heterocycles. The highest BCUT2D eigenvalue weighted by Gasteiger charge is 2.26. The molecule has 4 rings (SSSR count). The number of nitrogens with two attached hydrogens (primary N) is 1. The van der Waals surface area contributed by atoms with Crippen molar-refractivity contribution in [2.24, 2.45) is 11.7 Å². The van der Waals surface area contributed by atoms with Gasteiger partial charge in [0, 0.05) is 50.5 Å². The number of anilines is 2. The molecule has 0 bridgehead atoms. The first-order valence-corrected chi connectivity index (χ1v) is 10.4. The molecule has 2 N–H and O–H groups in total. The monoisotopic (exact) mass is 431 g/mol. The minimum absolute atomic E-state index is 0.123. The second kappa shape index (κ2) is 9.82. The molecule has 0 unspecified atom stereocenters. The van der Waals surface area contributed by atoms with Crippen LogP contribution in [-0.4, -0.2) is 65.2 Å². The maximum absolute atomic E-state index is 13.0. The average molecular weight is 431 g/mol. The van der Waals surface area contributed by atoms with E-state index in [0.717, 1.165) is 13.0 Å². The van der Waals surface area contributed by atoms with E-state index < -0.39 is 5.95 Å². The summed E-state index contributed by atoms with van der Waals surface area (Å²) in [5, 5.41) is 0. The van der Waals surface area contributed by atoms with Crippen molar-refractivity contribution in [1.82, 2.24) is 19.9 Å². The van der Waals surface area contributed by atoms with Crippen LogP contribution in [0.4, 0.5) is 16.3 Å². The molecule has 2 aromatic heterocycles. The molecular weight excluding hydrogens is 405 g/mol. The number of halogens is 1. The Balaban J connectivity index is 1.54. The zero-order valence-corrected chi connectivity index (χ0v) is 17.2. The topological polar surface area (TPSA) is 120 Å². The molecule has 0 atom stereocenters. The third-order valence-corrected chi connectivity index (χ3v) is 5.43. The number of hydrogen-bond donors (Lipinski definition) is 1. The Kier molecular flexibility index (Phi) is 6.70. The quantitative estimate of drug-likeness (QED) is 0.666. The second-order valence-electron chi connectivity index (χ2n) is 7.61. The molecule has 2 fully saturated rings. The summed E-state index contributed by atoms with van der Waals surface area (Å²) in [7, 11) is 0. The van der Waals surface area contributed by atoms with Crippen LogP contribution in [0.2, 0.25) is 0 Å². The second-order valence-corrected chi connectivity index (χ2v) is 7.61. The van der Waals surface area contributed by atoms with Crippen LogP contribution in [0.1, 0.15) is 24.8 Å². The van der Waals surface area contributed by atoms with Gasteiger partial charge in [-0.2, -0.15) is 19.3 Å². The standard InChI is InChI=1S/C20H26FN7O3/c21-16-3-2-14(12-23-16)13-31-20-25-18(27-6-1-10-30-11-9-27)24-19(26-20)28-7-4-15(5-8-28)17(22)29/h2-3,12,15H,1,4-11,13H2,(H2,22,29). The van der Waals surface area contributed by atoms with Crippen molar-refractivity contribution in [2.45, 2.75) is 25.9 Å². The molecule has 2 aromatic rings. The highest BCUT2D eigenvalue weighted by molar-refractivity contribution is 5.76. The number of aromatic nitrogens is 4. The van der Waals surface area contributed by atoms with Crippen LogP contribution < -0.4 is 20.3 Å². The van der Waals surface area contributed by atoms with Gasteiger partial charge in [-0.1, -0.05) is 0 Å². The summed E-state index contributed by atoms with van der Waals surface area (Å²) in [6.07, 6.45) is 3.61. The number of carbonyl (C=O) groups excluding carboxylic acids is 1. The summed E-state index contributed by atoms with van der Waals surface area (Å²) in [6.45, 7) is 4.16. The number of amides is 1. The van der Waals surface area contributed by atoms with Crippen molar-refractivity contribution >= 4 is 17.8 Å². The van der Waals surface area contributed by atoms with Crippen molar-refractivity contribution in [3.05, 3.63) is 29.8 Å². The Hall–Kier alpha value is -3.08. The normalized spacial score (nSPS) is 18.0. The first-order chi connectivity index (χ1) is 15.1. The molecule has 0 saturated carbocycles. The molecule has 0 spiro atoms. The lowest BCUT2D eigenvalue weighted by atomic mass is 9.96. The summed E-state index contributed by atoms with van der Waals surface area (Å²) >= 11 is 0. The SMILES string of the molecule is NC(=O)C1CCN(c2nc(OCc3ccc(F)nc3)nc(N3CCCOCC3)n2)CC1. The Morgan fingerprint density at radius 2 is 1.84 bits per heavy atom. The highest BCUT2D eigenvalue weighted by Crippen LogP contribution is 2.24. The lowest BCUT2D eigenvalue weighted by Crippen LogP contribution is -2.39. The highest BCUT2D eigenvalue weighted by atomic mass is 19.1. The largest absolute Gasteiger partial charge is 0.458 e. The Labute approximate surface area is 179 Å². The molecule has 10 nitrogen and oxygen atoms in total. The van der Waals surface area contributed by atoms with E-state index in [9.17, 15) is 9.18 Å². The Morgan fingerprint density at radius 3 is 2.52 bits per heavy atom. The van der Waals surface area contributed by atoms with Crippen LogP contribution in [0.5, 0.6) is 6.01 Å². The van der Waals surface area contributed by atoms with Gasteiger partial charge < -0.3 is 25.0 Å². The average Bonchev–Trinajstić information content (AvgIpc) is 3.08. The number of piperidine rings is 1. The summed E-state index contributed by atoms with van der Waals surface area (Å²) in [5.74, 6) is 0.0980. The molecule has 0 radical (unpaired) electrons. The van der Waals surface area contributed by atoms with Gasteiger partial charge in [0.1, 0.15) is 6.61 Å². The van der Waals surface area contributed by atoms with Crippen molar-refractivity contribution < 1.29 is 18.7 Å². The van der Waals surface area contributed by atoms with E-state index in [1.807, 2.05) is 4.90 Å². The predicted octanol–water partition coefficient (Wildman–Crippen LogP) is 0.913. The molecule has 0 aromatic carbocycles. The van der Waals surface area contributed by atoms with E-state index in [-0.39, 0.29) is 24.4 Å². The fourth-order valence-electron chi connectivity index (χ4n) is 3.63. The van der Waals surface area contributed by atoms with Gasteiger partial charge in [0.2, 0.25) is 23.8 Å². The van der Waals surface area contributed by atoms with Crippen LogP contribution in [0, 0.1) is 11.9 Å². The molecular formula is C20H26FN7O3. The van der Waals surface area contributed by atoms with Gasteiger partial charge in [-0.15, -0.1) is 0 Å². The van der Waals surface area contributed by atoms with Crippen LogP contribution in [-0.2, 0) is 16.1 Å². The number of primary amides is 1. The number of nitrogens with zero attached hydrogens (tertiary/aromatic N) is 6.